The second kappa shape index (κ2) is 7.51. The maximum Gasteiger partial charge on any atom is 0.327 e. The molecule has 0 aliphatic heterocycles. The van der Waals surface area contributed by atoms with E-state index in [1.165, 1.54) is 36.5 Å². The lowest BCUT2D eigenvalue weighted by atomic mass is 9.86. The highest BCUT2D eigenvalue weighted by Gasteiger charge is 2.34. The molecule has 0 fully saturated rings. The summed E-state index contributed by atoms with van der Waals surface area (Å²) < 4.78 is 41.5. The van der Waals surface area contributed by atoms with Crippen molar-refractivity contribution in [1.29, 1.82) is 0 Å². The van der Waals surface area contributed by atoms with Crippen LogP contribution in [0.15, 0.2) is 47.4 Å². The number of carboxylic acid groups (broad SMARTS) is 1. The van der Waals surface area contributed by atoms with Gasteiger partial charge in [0.15, 0.2) is 0 Å². The van der Waals surface area contributed by atoms with E-state index in [1.54, 1.807) is 20.8 Å². The maximum absolute atomic E-state index is 13.7. The van der Waals surface area contributed by atoms with Gasteiger partial charge in [0, 0.05) is 11.8 Å². The molecule has 0 saturated heterocycles. The van der Waals surface area contributed by atoms with Crippen LogP contribution in [0.25, 0.3) is 0 Å². The lowest BCUT2D eigenvalue weighted by Gasteiger charge is -2.29. The SMILES string of the molecule is CC(C)(C)C(C(=O)O)n1cccc(NS(=O)(=O)Cc2ccccc2F)c1=O. The largest absolute Gasteiger partial charge is 0.480 e. The first kappa shape index (κ1) is 20.6. The number of sulfonamides is 1. The Morgan fingerprint density at radius 2 is 1.85 bits per heavy atom. The number of aliphatic carboxylic acids is 1. The fraction of sp³-hybridized carbons (Fsp3) is 0.333. The summed E-state index contributed by atoms with van der Waals surface area (Å²) in [6.07, 6.45) is 1.29. The van der Waals surface area contributed by atoms with Crippen LogP contribution < -0.4 is 10.3 Å². The average Bonchev–Trinajstić information content (AvgIpc) is 2.51. The summed E-state index contributed by atoms with van der Waals surface area (Å²) in [6.45, 7) is 4.98. The van der Waals surface area contributed by atoms with E-state index in [0.29, 0.717) is 0 Å². The first-order chi connectivity index (χ1) is 12.4. The Morgan fingerprint density at radius 1 is 1.22 bits per heavy atom. The normalized spacial score (nSPS) is 13.2. The molecule has 7 nitrogen and oxygen atoms in total. The second-order valence-corrected chi connectivity index (χ2v) is 8.92. The third-order valence-corrected chi connectivity index (χ3v) is 5.10. The minimum Gasteiger partial charge on any atom is -0.480 e. The van der Waals surface area contributed by atoms with Gasteiger partial charge in [0.25, 0.3) is 5.56 Å². The Morgan fingerprint density at radius 3 is 2.41 bits per heavy atom. The standard InChI is InChI=1S/C18H21FN2O5S/c1-18(2,3)15(17(23)24)21-10-6-9-14(16(21)22)20-27(25,26)11-12-7-4-5-8-13(12)19/h4-10,15,20H,11H2,1-3H3,(H,23,24). The highest BCUT2D eigenvalue weighted by molar-refractivity contribution is 7.91. The summed E-state index contributed by atoms with van der Waals surface area (Å²) in [4.78, 5) is 24.3. The van der Waals surface area contributed by atoms with E-state index in [2.05, 4.69) is 4.72 Å². The van der Waals surface area contributed by atoms with Gasteiger partial charge < -0.3 is 5.11 Å². The Labute approximate surface area is 156 Å². The van der Waals surface area contributed by atoms with Gasteiger partial charge in [-0.15, -0.1) is 0 Å². The van der Waals surface area contributed by atoms with Crippen molar-refractivity contribution in [2.75, 3.05) is 4.72 Å². The third kappa shape index (κ3) is 4.94. The van der Waals surface area contributed by atoms with Crippen molar-refractivity contribution >= 4 is 21.7 Å². The number of pyridine rings is 1. The lowest BCUT2D eigenvalue weighted by molar-refractivity contribution is -0.144. The summed E-state index contributed by atoms with van der Waals surface area (Å²) in [5.74, 6) is -2.54. The van der Waals surface area contributed by atoms with Gasteiger partial charge in [0.2, 0.25) is 10.0 Å². The number of nitrogens with zero attached hydrogens (tertiary/aromatic N) is 1. The van der Waals surface area contributed by atoms with E-state index in [0.717, 1.165) is 10.6 Å². The molecule has 0 aliphatic carbocycles. The molecule has 0 radical (unpaired) electrons. The predicted molar refractivity (Wildman–Crippen MR) is 99.5 cm³/mol. The Hall–Kier alpha value is -2.68. The monoisotopic (exact) mass is 396 g/mol. The molecule has 2 aromatic rings. The number of rotatable bonds is 6. The van der Waals surface area contributed by atoms with Crippen LogP contribution in [-0.4, -0.2) is 24.1 Å². The Bertz CT molecular complexity index is 1010. The van der Waals surface area contributed by atoms with Gasteiger partial charge in [-0.05, 0) is 23.6 Å². The molecule has 0 saturated carbocycles. The predicted octanol–water partition coefficient (Wildman–Crippen LogP) is 2.60. The quantitative estimate of drug-likeness (QED) is 0.781. The van der Waals surface area contributed by atoms with E-state index in [-0.39, 0.29) is 11.3 Å². The Balaban J connectivity index is 2.39. The fourth-order valence-electron chi connectivity index (χ4n) is 2.72. The van der Waals surface area contributed by atoms with E-state index in [1.807, 2.05) is 0 Å². The Kier molecular flexibility index (Phi) is 5.74. The zero-order valence-electron chi connectivity index (χ0n) is 15.1. The van der Waals surface area contributed by atoms with E-state index in [9.17, 15) is 27.5 Å². The van der Waals surface area contributed by atoms with Gasteiger partial charge in [0.1, 0.15) is 17.5 Å². The minimum absolute atomic E-state index is 0.0423. The van der Waals surface area contributed by atoms with Crippen LogP contribution in [0.3, 0.4) is 0 Å². The summed E-state index contributed by atoms with van der Waals surface area (Å²) in [5, 5.41) is 9.50. The number of nitrogens with one attached hydrogen (secondary N) is 1. The van der Waals surface area contributed by atoms with E-state index in [4.69, 9.17) is 0 Å². The molecule has 0 bridgehead atoms. The number of carbonyl (C=O) groups is 1. The molecule has 1 heterocycles. The summed E-state index contributed by atoms with van der Waals surface area (Å²) in [5.41, 5.74) is -1.93. The van der Waals surface area contributed by atoms with Crippen LogP contribution in [0.4, 0.5) is 10.1 Å². The molecular weight excluding hydrogens is 375 g/mol. The van der Waals surface area contributed by atoms with Crippen molar-refractivity contribution < 1.29 is 22.7 Å². The van der Waals surface area contributed by atoms with E-state index < -0.39 is 44.6 Å². The van der Waals surface area contributed by atoms with Crippen LogP contribution >= 0.6 is 0 Å². The second-order valence-electron chi connectivity index (χ2n) is 7.19. The zero-order valence-corrected chi connectivity index (χ0v) is 16.0. The molecule has 0 spiro atoms. The van der Waals surface area contributed by atoms with Gasteiger partial charge in [-0.2, -0.15) is 0 Å². The lowest BCUT2D eigenvalue weighted by Crippen LogP contribution is -2.38. The topological polar surface area (TPSA) is 105 Å². The van der Waals surface area contributed by atoms with Crippen LogP contribution in [0.1, 0.15) is 32.4 Å². The minimum atomic E-state index is -4.08. The molecule has 1 aromatic carbocycles. The smallest absolute Gasteiger partial charge is 0.327 e. The van der Waals surface area contributed by atoms with Gasteiger partial charge in [-0.3, -0.25) is 14.1 Å². The van der Waals surface area contributed by atoms with Gasteiger partial charge >= 0.3 is 5.97 Å². The fourth-order valence-corrected chi connectivity index (χ4v) is 3.93. The van der Waals surface area contributed by atoms with Gasteiger partial charge in [-0.25, -0.2) is 17.6 Å². The third-order valence-electron chi connectivity index (χ3n) is 3.88. The molecule has 9 heteroatoms. The van der Waals surface area contributed by atoms with Crippen molar-refractivity contribution in [3.63, 3.8) is 0 Å². The molecule has 0 aliphatic rings. The van der Waals surface area contributed by atoms with Crippen molar-refractivity contribution in [3.8, 4) is 0 Å². The van der Waals surface area contributed by atoms with Crippen LogP contribution in [0, 0.1) is 11.2 Å². The summed E-state index contributed by atoms with van der Waals surface area (Å²) in [6, 6.07) is 6.83. The van der Waals surface area contributed by atoms with Crippen molar-refractivity contribution in [3.05, 3.63) is 64.3 Å². The summed E-state index contributed by atoms with van der Waals surface area (Å²) >= 11 is 0. The highest BCUT2D eigenvalue weighted by atomic mass is 32.2. The van der Waals surface area contributed by atoms with Crippen LogP contribution in [0.2, 0.25) is 0 Å². The van der Waals surface area contributed by atoms with Crippen molar-refractivity contribution in [2.45, 2.75) is 32.6 Å². The number of benzene rings is 1. The molecular formula is C18H21FN2O5S. The van der Waals surface area contributed by atoms with E-state index >= 15 is 0 Å². The number of hydrogen-bond acceptors (Lipinski definition) is 4. The molecule has 146 valence electrons. The molecule has 27 heavy (non-hydrogen) atoms. The number of halogens is 1. The number of hydrogen-bond donors (Lipinski definition) is 2. The maximum atomic E-state index is 13.7. The van der Waals surface area contributed by atoms with Gasteiger partial charge in [0.05, 0.1) is 5.75 Å². The first-order valence-corrected chi connectivity index (χ1v) is 9.75. The highest BCUT2D eigenvalue weighted by Crippen LogP contribution is 2.30. The van der Waals surface area contributed by atoms with Crippen LogP contribution in [-0.2, 0) is 20.6 Å². The van der Waals surface area contributed by atoms with Crippen molar-refractivity contribution in [2.24, 2.45) is 5.41 Å². The average molecular weight is 396 g/mol. The molecule has 1 atom stereocenters. The first-order valence-electron chi connectivity index (χ1n) is 8.10. The molecule has 2 rings (SSSR count). The number of aromatic nitrogens is 1. The molecule has 2 N–H and O–H groups in total. The number of carboxylic acids is 1. The molecule has 0 amide bonds. The molecule has 1 unspecified atom stereocenters. The van der Waals surface area contributed by atoms with Crippen LogP contribution in [0.5, 0.6) is 0 Å². The zero-order chi connectivity index (χ0) is 20.4. The molecule has 1 aromatic heterocycles. The number of anilines is 1. The van der Waals surface area contributed by atoms with Crippen molar-refractivity contribution in [1.82, 2.24) is 4.57 Å². The summed E-state index contributed by atoms with van der Waals surface area (Å²) in [7, 11) is -4.08. The van der Waals surface area contributed by atoms with Gasteiger partial charge in [-0.1, -0.05) is 39.0 Å².